The molecule has 0 unspecified atom stereocenters. The van der Waals surface area contributed by atoms with Crippen molar-refractivity contribution in [3.8, 4) is 11.5 Å². The van der Waals surface area contributed by atoms with Gasteiger partial charge in [-0.05, 0) is 24.6 Å². The standard InChI is InChI=1S/C14H16O4S/c1-4-7-18-14(15)12-8-9-10(16-2)5-6-11(17-3)13(9)19-12/h5-6,8H,4,7H2,1-3H3. The summed E-state index contributed by atoms with van der Waals surface area (Å²) in [6, 6.07) is 5.45. The summed E-state index contributed by atoms with van der Waals surface area (Å²) in [6.45, 7) is 2.39. The van der Waals surface area contributed by atoms with E-state index in [2.05, 4.69) is 0 Å². The second-order valence-corrected chi connectivity index (χ2v) is 5.01. The minimum atomic E-state index is -0.299. The van der Waals surface area contributed by atoms with E-state index in [9.17, 15) is 4.79 Å². The Morgan fingerprint density at radius 2 is 1.89 bits per heavy atom. The normalized spacial score (nSPS) is 10.5. The average Bonchev–Trinajstić information content (AvgIpc) is 2.88. The lowest BCUT2D eigenvalue weighted by atomic mass is 10.2. The van der Waals surface area contributed by atoms with Crippen molar-refractivity contribution >= 4 is 27.4 Å². The third kappa shape index (κ3) is 2.66. The van der Waals surface area contributed by atoms with Gasteiger partial charge < -0.3 is 14.2 Å². The highest BCUT2D eigenvalue weighted by molar-refractivity contribution is 7.21. The van der Waals surface area contributed by atoms with E-state index in [1.165, 1.54) is 11.3 Å². The third-order valence-corrected chi connectivity index (χ3v) is 3.82. The number of methoxy groups -OCH3 is 2. The van der Waals surface area contributed by atoms with E-state index in [-0.39, 0.29) is 5.97 Å². The SMILES string of the molecule is CCCOC(=O)c1cc2c(OC)ccc(OC)c2s1. The minimum absolute atomic E-state index is 0.299. The van der Waals surface area contributed by atoms with Crippen molar-refractivity contribution in [1.29, 1.82) is 0 Å². The Kier molecular flexibility index (Phi) is 4.27. The van der Waals surface area contributed by atoms with Gasteiger partial charge in [0.2, 0.25) is 0 Å². The van der Waals surface area contributed by atoms with Crippen LogP contribution in [0.3, 0.4) is 0 Å². The van der Waals surface area contributed by atoms with E-state index in [0.717, 1.165) is 28.0 Å². The molecule has 0 N–H and O–H groups in total. The van der Waals surface area contributed by atoms with Crippen molar-refractivity contribution in [2.45, 2.75) is 13.3 Å². The first-order valence-corrected chi connectivity index (χ1v) is 6.84. The molecule has 0 amide bonds. The molecule has 2 rings (SSSR count). The molecule has 4 nitrogen and oxygen atoms in total. The van der Waals surface area contributed by atoms with Crippen LogP contribution in [0, 0.1) is 0 Å². The van der Waals surface area contributed by atoms with E-state index < -0.39 is 0 Å². The summed E-state index contributed by atoms with van der Waals surface area (Å²) in [6.07, 6.45) is 0.809. The maximum absolute atomic E-state index is 11.9. The molecule has 0 radical (unpaired) electrons. The van der Waals surface area contributed by atoms with E-state index >= 15 is 0 Å². The molecule has 5 heteroatoms. The van der Waals surface area contributed by atoms with Crippen LogP contribution < -0.4 is 9.47 Å². The predicted molar refractivity (Wildman–Crippen MR) is 75.5 cm³/mol. The van der Waals surface area contributed by atoms with Gasteiger partial charge in [0.15, 0.2) is 0 Å². The molecule has 0 atom stereocenters. The van der Waals surface area contributed by atoms with Crippen molar-refractivity contribution in [2.75, 3.05) is 20.8 Å². The van der Waals surface area contributed by atoms with E-state index in [4.69, 9.17) is 14.2 Å². The predicted octanol–water partition coefficient (Wildman–Crippen LogP) is 3.49. The Hall–Kier alpha value is -1.75. The zero-order valence-corrected chi connectivity index (χ0v) is 12.0. The molecule has 0 aliphatic heterocycles. The summed E-state index contributed by atoms with van der Waals surface area (Å²) in [5.41, 5.74) is 0. The fourth-order valence-electron chi connectivity index (χ4n) is 1.78. The number of ether oxygens (including phenoxy) is 3. The summed E-state index contributed by atoms with van der Waals surface area (Å²) in [5, 5.41) is 0.871. The lowest BCUT2D eigenvalue weighted by molar-refractivity contribution is 0.0511. The fraction of sp³-hybridized carbons (Fsp3) is 0.357. The van der Waals surface area contributed by atoms with Gasteiger partial charge in [-0.2, -0.15) is 0 Å². The Labute approximate surface area is 115 Å². The molecule has 2 aromatic rings. The molecule has 0 spiro atoms. The van der Waals surface area contributed by atoms with Gasteiger partial charge in [0.25, 0.3) is 0 Å². The van der Waals surface area contributed by atoms with Crippen LogP contribution in [0.5, 0.6) is 11.5 Å². The van der Waals surface area contributed by atoms with Gasteiger partial charge in [0.1, 0.15) is 16.4 Å². The number of fused-ring (bicyclic) bond motifs is 1. The van der Waals surface area contributed by atoms with Gasteiger partial charge in [0.05, 0.1) is 25.5 Å². The smallest absolute Gasteiger partial charge is 0.348 e. The summed E-state index contributed by atoms with van der Waals surface area (Å²) in [5.74, 6) is 1.16. The van der Waals surface area contributed by atoms with Crippen LogP contribution in [0.25, 0.3) is 10.1 Å². The van der Waals surface area contributed by atoms with Gasteiger partial charge in [-0.3, -0.25) is 0 Å². The first kappa shape index (κ1) is 13.7. The van der Waals surface area contributed by atoms with Gasteiger partial charge in [-0.25, -0.2) is 4.79 Å². The van der Waals surface area contributed by atoms with Crippen LogP contribution in [0.1, 0.15) is 23.0 Å². The molecule has 0 fully saturated rings. The highest BCUT2D eigenvalue weighted by atomic mass is 32.1. The second-order valence-electron chi connectivity index (χ2n) is 3.96. The maximum atomic E-state index is 11.9. The molecule has 0 bridgehead atoms. The third-order valence-electron chi connectivity index (χ3n) is 2.69. The molecular formula is C14H16O4S. The van der Waals surface area contributed by atoms with Crippen LogP contribution in [0.15, 0.2) is 18.2 Å². The van der Waals surface area contributed by atoms with Gasteiger partial charge in [-0.15, -0.1) is 11.3 Å². The van der Waals surface area contributed by atoms with E-state index in [0.29, 0.717) is 11.5 Å². The van der Waals surface area contributed by atoms with Crippen molar-refractivity contribution in [3.63, 3.8) is 0 Å². The fourth-order valence-corrected chi connectivity index (χ4v) is 2.84. The number of thiophene rings is 1. The largest absolute Gasteiger partial charge is 0.496 e. The lowest BCUT2D eigenvalue weighted by Crippen LogP contribution is -2.03. The molecule has 0 aliphatic rings. The molecule has 102 valence electrons. The number of carbonyl (C=O) groups excluding carboxylic acids is 1. The number of rotatable bonds is 5. The van der Waals surface area contributed by atoms with Crippen LogP contribution in [0.2, 0.25) is 0 Å². The molecule has 0 aliphatic carbocycles. The number of esters is 1. The number of hydrogen-bond acceptors (Lipinski definition) is 5. The molecular weight excluding hydrogens is 264 g/mol. The maximum Gasteiger partial charge on any atom is 0.348 e. The molecule has 1 aromatic carbocycles. The van der Waals surface area contributed by atoms with E-state index in [1.807, 2.05) is 19.1 Å². The van der Waals surface area contributed by atoms with Crippen LogP contribution >= 0.6 is 11.3 Å². The average molecular weight is 280 g/mol. The summed E-state index contributed by atoms with van der Waals surface area (Å²) >= 11 is 1.36. The Balaban J connectivity index is 2.46. The van der Waals surface area contributed by atoms with Crippen LogP contribution in [-0.4, -0.2) is 26.8 Å². The highest BCUT2D eigenvalue weighted by Gasteiger charge is 2.16. The van der Waals surface area contributed by atoms with Gasteiger partial charge in [0, 0.05) is 5.39 Å². The molecule has 0 saturated heterocycles. The molecule has 1 aromatic heterocycles. The summed E-state index contributed by atoms with van der Waals surface area (Å²) in [4.78, 5) is 12.4. The number of hydrogen-bond donors (Lipinski definition) is 0. The van der Waals surface area contributed by atoms with Gasteiger partial charge >= 0.3 is 5.97 Å². The van der Waals surface area contributed by atoms with Gasteiger partial charge in [-0.1, -0.05) is 6.92 Å². The Morgan fingerprint density at radius 1 is 1.21 bits per heavy atom. The van der Waals surface area contributed by atoms with Crippen molar-refractivity contribution < 1.29 is 19.0 Å². The lowest BCUT2D eigenvalue weighted by Gasteiger charge is -2.04. The van der Waals surface area contributed by atoms with Crippen molar-refractivity contribution in [3.05, 3.63) is 23.1 Å². The molecule has 19 heavy (non-hydrogen) atoms. The first-order valence-electron chi connectivity index (χ1n) is 6.03. The molecule has 1 heterocycles. The Bertz CT molecular complexity index is 547. The zero-order valence-electron chi connectivity index (χ0n) is 11.2. The van der Waals surface area contributed by atoms with Crippen LogP contribution in [-0.2, 0) is 4.74 Å². The molecule has 0 saturated carbocycles. The number of carbonyl (C=O) groups is 1. The monoisotopic (exact) mass is 280 g/mol. The second kappa shape index (κ2) is 5.93. The van der Waals surface area contributed by atoms with E-state index in [1.54, 1.807) is 20.3 Å². The van der Waals surface area contributed by atoms with Crippen molar-refractivity contribution in [2.24, 2.45) is 0 Å². The van der Waals surface area contributed by atoms with Crippen LogP contribution in [0.4, 0.5) is 0 Å². The topological polar surface area (TPSA) is 44.8 Å². The Morgan fingerprint density at radius 3 is 2.53 bits per heavy atom. The number of benzene rings is 1. The minimum Gasteiger partial charge on any atom is -0.496 e. The van der Waals surface area contributed by atoms with Crippen molar-refractivity contribution in [1.82, 2.24) is 0 Å². The first-order chi connectivity index (χ1) is 9.21. The summed E-state index contributed by atoms with van der Waals surface area (Å²) in [7, 11) is 3.21. The highest BCUT2D eigenvalue weighted by Crippen LogP contribution is 2.39. The summed E-state index contributed by atoms with van der Waals surface area (Å²) < 4.78 is 16.6. The quantitative estimate of drug-likeness (QED) is 0.786. The zero-order chi connectivity index (χ0) is 13.8.